The Balaban J connectivity index is 1.95. The van der Waals surface area contributed by atoms with Gasteiger partial charge in [-0.2, -0.15) is 0 Å². The molecule has 0 fully saturated rings. The largest absolute Gasteiger partial charge is 0.478 e. The van der Waals surface area contributed by atoms with Crippen molar-refractivity contribution < 1.29 is 15.0 Å². The van der Waals surface area contributed by atoms with Crippen LogP contribution in [0.25, 0.3) is 11.0 Å². The fraction of sp³-hybridized carbons (Fsp3) is 0.316. The molecule has 25 heavy (non-hydrogen) atoms. The van der Waals surface area contributed by atoms with Crippen molar-refractivity contribution in [3.05, 3.63) is 58.7 Å². The molecule has 6 heteroatoms. The Hall–Kier alpha value is -2.73. The highest BCUT2D eigenvalue weighted by molar-refractivity contribution is 5.92. The molecule has 130 valence electrons. The minimum Gasteiger partial charge on any atom is -0.478 e. The van der Waals surface area contributed by atoms with Gasteiger partial charge in [-0.1, -0.05) is 35.9 Å². The molecule has 0 spiro atoms. The molecule has 0 amide bonds. The third-order valence-electron chi connectivity index (χ3n) is 4.56. The Morgan fingerprint density at radius 2 is 2.04 bits per heavy atom. The summed E-state index contributed by atoms with van der Waals surface area (Å²) in [6.45, 7) is 4.74. The van der Waals surface area contributed by atoms with Gasteiger partial charge in [0.15, 0.2) is 0 Å². The van der Waals surface area contributed by atoms with Crippen molar-refractivity contribution in [1.82, 2.24) is 15.0 Å². The Morgan fingerprint density at radius 1 is 1.24 bits per heavy atom. The predicted octanol–water partition coefficient (Wildman–Crippen LogP) is 3.12. The van der Waals surface area contributed by atoms with Gasteiger partial charge in [-0.3, -0.25) is 0 Å². The number of aryl methyl sites for hydroxylation is 1. The van der Waals surface area contributed by atoms with Gasteiger partial charge < -0.3 is 10.2 Å². The topological polar surface area (TPSA) is 88.2 Å². The smallest absolute Gasteiger partial charge is 0.335 e. The monoisotopic (exact) mass is 339 g/mol. The molecule has 0 aliphatic carbocycles. The van der Waals surface area contributed by atoms with E-state index in [-0.39, 0.29) is 18.1 Å². The van der Waals surface area contributed by atoms with E-state index in [2.05, 4.69) is 29.4 Å². The molecule has 0 radical (unpaired) electrons. The van der Waals surface area contributed by atoms with E-state index in [1.54, 1.807) is 16.8 Å². The molecular formula is C19H21N3O3. The number of hydrogen-bond acceptors (Lipinski definition) is 4. The van der Waals surface area contributed by atoms with E-state index in [4.69, 9.17) is 5.11 Å². The molecule has 3 aromatic rings. The summed E-state index contributed by atoms with van der Waals surface area (Å²) >= 11 is 0. The SMILES string of the molecule is CCC(Cn1nnc2cc(C(=O)O)ccc21)c1ccc(C)cc1CO. The number of rotatable bonds is 6. The molecule has 1 unspecified atom stereocenters. The van der Waals surface area contributed by atoms with Crippen molar-refractivity contribution in [2.45, 2.75) is 39.3 Å². The van der Waals surface area contributed by atoms with Crippen LogP contribution >= 0.6 is 0 Å². The van der Waals surface area contributed by atoms with Crippen LogP contribution in [0.1, 0.15) is 46.3 Å². The fourth-order valence-electron chi connectivity index (χ4n) is 3.17. The Kier molecular flexibility index (Phi) is 4.81. The van der Waals surface area contributed by atoms with Crippen molar-refractivity contribution in [1.29, 1.82) is 0 Å². The molecule has 0 aliphatic rings. The zero-order chi connectivity index (χ0) is 18.0. The predicted molar refractivity (Wildman–Crippen MR) is 94.6 cm³/mol. The highest BCUT2D eigenvalue weighted by atomic mass is 16.4. The third kappa shape index (κ3) is 3.39. The summed E-state index contributed by atoms with van der Waals surface area (Å²) < 4.78 is 1.80. The van der Waals surface area contributed by atoms with Gasteiger partial charge >= 0.3 is 5.97 Å². The molecule has 0 aliphatic heterocycles. The fourth-order valence-corrected chi connectivity index (χ4v) is 3.17. The normalized spacial score (nSPS) is 12.4. The average molecular weight is 339 g/mol. The lowest BCUT2D eigenvalue weighted by molar-refractivity contribution is 0.0697. The van der Waals surface area contributed by atoms with Gasteiger partial charge in [0.1, 0.15) is 5.52 Å². The van der Waals surface area contributed by atoms with E-state index in [9.17, 15) is 9.90 Å². The number of benzene rings is 2. The minimum atomic E-state index is -0.977. The number of aromatic nitrogens is 3. The number of carboxylic acid groups (broad SMARTS) is 1. The minimum absolute atomic E-state index is 0.00753. The van der Waals surface area contributed by atoms with Gasteiger partial charge in [0.25, 0.3) is 0 Å². The van der Waals surface area contributed by atoms with Crippen LogP contribution in [-0.2, 0) is 13.2 Å². The highest BCUT2D eigenvalue weighted by Crippen LogP contribution is 2.27. The number of fused-ring (bicyclic) bond motifs is 1. The maximum atomic E-state index is 11.1. The zero-order valence-corrected chi connectivity index (χ0v) is 14.3. The summed E-state index contributed by atoms with van der Waals surface area (Å²) in [6, 6.07) is 11.0. The molecule has 1 aromatic heterocycles. The molecule has 1 heterocycles. The maximum absolute atomic E-state index is 11.1. The Bertz CT molecular complexity index is 917. The number of nitrogens with zero attached hydrogens (tertiary/aromatic N) is 3. The van der Waals surface area contributed by atoms with Gasteiger partial charge in [-0.15, -0.1) is 5.10 Å². The first-order valence-corrected chi connectivity index (χ1v) is 8.30. The van der Waals surface area contributed by atoms with Crippen LogP contribution in [-0.4, -0.2) is 31.2 Å². The lowest BCUT2D eigenvalue weighted by atomic mass is 9.91. The van der Waals surface area contributed by atoms with Gasteiger partial charge in [0, 0.05) is 5.92 Å². The summed E-state index contributed by atoms with van der Waals surface area (Å²) in [5, 5.41) is 27.1. The lowest BCUT2D eigenvalue weighted by Gasteiger charge is -2.19. The van der Waals surface area contributed by atoms with Crippen LogP contribution in [0.3, 0.4) is 0 Å². The number of carboxylic acids is 1. The summed E-state index contributed by atoms with van der Waals surface area (Å²) in [6.07, 6.45) is 0.893. The van der Waals surface area contributed by atoms with Crippen LogP contribution < -0.4 is 0 Å². The number of aliphatic hydroxyl groups is 1. The van der Waals surface area contributed by atoms with Crippen molar-refractivity contribution in [2.24, 2.45) is 0 Å². The van der Waals surface area contributed by atoms with E-state index < -0.39 is 5.97 Å². The molecule has 1 atom stereocenters. The first-order valence-electron chi connectivity index (χ1n) is 8.30. The highest BCUT2D eigenvalue weighted by Gasteiger charge is 2.17. The molecule has 0 saturated heterocycles. The van der Waals surface area contributed by atoms with E-state index >= 15 is 0 Å². The van der Waals surface area contributed by atoms with Crippen molar-refractivity contribution in [3.8, 4) is 0 Å². The third-order valence-corrected chi connectivity index (χ3v) is 4.56. The van der Waals surface area contributed by atoms with Crippen LogP contribution in [0.2, 0.25) is 0 Å². The second kappa shape index (κ2) is 7.03. The molecule has 0 saturated carbocycles. The molecule has 2 aromatic carbocycles. The van der Waals surface area contributed by atoms with Gasteiger partial charge in [0.05, 0.1) is 24.2 Å². The Labute approximate surface area is 145 Å². The summed E-state index contributed by atoms with van der Waals surface area (Å²) in [4.78, 5) is 11.1. The van der Waals surface area contributed by atoms with E-state index in [0.29, 0.717) is 12.1 Å². The van der Waals surface area contributed by atoms with Crippen molar-refractivity contribution in [3.63, 3.8) is 0 Å². The molecular weight excluding hydrogens is 318 g/mol. The second-order valence-corrected chi connectivity index (χ2v) is 6.25. The van der Waals surface area contributed by atoms with Crippen LogP contribution in [0, 0.1) is 6.92 Å². The number of aliphatic hydroxyl groups excluding tert-OH is 1. The number of hydrogen-bond donors (Lipinski definition) is 2. The summed E-state index contributed by atoms with van der Waals surface area (Å²) in [7, 11) is 0. The van der Waals surface area contributed by atoms with E-state index in [1.165, 1.54) is 6.07 Å². The number of carbonyl (C=O) groups is 1. The first kappa shape index (κ1) is 17.1. The summed E-state index contributed by atoms with van der Waals surface area (Å²) in [5.41, 5.74) is 4.75. The molecule has 3 rings (SSSR count). The molecule has 6 nitrogen and oxygen atoms in total. The maximum Gasteiger partial charge on any atom is 0.335 e. The average Bonchev–Trinajstić information content (AvgIpc) is 3.01. The summed E-state index contributed by atoms with van der Waals surface area (Å²) in [5.74, 6) is -0.790. The Morgan fingerprint density at radius 3 is 2.72 bits per heavy atom. The van der Waals surface area contributed by atoms with Crippen LogP contribution in [0.15, 0.2) is 36.4 Å². The molecule has 2 N–H and O–H groups in total. The second-order valence-electron chi connectivity index (χ2n) is 6.25. The van der Waals surface area contributed by atoms with Crippen molar-refractivity contribution >= 4 is 17.0 Å². The van der Waals surface area contributed by atoms with Crippen LogP contribution in [0.4, 0.5) is 0 Å². The number of aromatic carboxylic acids is 1. The lowest BCUT2D eigenvalue weighted by Crippen LogP contribution is -2.12. The van der Waals surface area contributed by atoms with Crippen LogP contribution in [0.5, 0.6) is 0 Å². The zero-order valence-electron chi connectivity index (χ0n) is 14.3. The quantitative estimate of drug-likeness (QED) is 0.720. The van der Waals surface area contributed by atoms with Gasteiger partial charge in [-0.05, 0) is 42.7 Å². The van der Waals surface area contributed by atoms with Gasteiger partial charge in [-0.25, -0.2) is 9.48 Å². The first-order chi connectivity index (χ1) is 12.0. The van der Waals surface area contributed by atoms with E-state index in [1.807, 2.05) is 13.0 Å². The van der Waals surface area contributed by atoms with Gasteiger partial charge in [0.2, 0.25) is 0 Å². The molecule has 0 bridgehead atoms. The standard InChI is InChI=1S/C19H21N3O3/c1-3-13(16-6-4-12(2)8-15(16)11-23)10-22-18-7-5-14(19(24)25)9-17(18)20-21-22/h4-9,13,23H,3,10-11H2,1-2H3,(H,24,25). The van der Waals surface area contributed by atoms with Crippen molar-refractivity contribution in [2.75, 3.05) is 0 Å². The van der Waals surface area contributed by atoms with E-state index in [0.717, 1.165) is 28.6 Å².